The Kier molecular flexibility index (Phi) is 6.77. The molecule has 0 unspecified atom stereocenters. The van der Waals surface area contributed by atoms with Gasteiger partial charge in [-0.15, -0.1) is 0 Å². The molecular weight excluding hydrogens is 456 g/mol. The van der Waals surface area contributed by atoms with Crippen molar-refractivity contribution in [1.29, 1.82) is 0 Å². The standard InChI is InChI=1S/C21H23BrN2O4S/c1-15-3-9-20(10-4-15)29(26,27)24-13-16(2)17(14-24)11-12-28-21(25)23-19-7-5-18(22)6-8-19/h3-10,17H,2,11-14H2,1H3,(H,23,25)/t17-/m1/s1. The first-order chi connectivity index (χ1) is 13.8. The molecule has 0 spiro atoms. The summed E-state index contributed by atoms with van der Waals surface area (Å²) in [7, 11) is -3.56. The van der Waals surface area contributed by atoms with Crippen molar-refractivity contribution in [3.63, 3.8) is 0 Å². The highest BCUT2D eigenvalue weighted by molar-refractivity contribution is 9.10. The van der Waals surface area contributed by atoms with E-state index in [2.05, 4.69) is 27.8 Å². The average Bonchev–Trinajstić information content (AvgIpc) is 3.05. The van der Waals surface area contributed by atoms with Crippen LogP contribution in [0.1, 0.15) is 12.0 Å². The zero-order valence-corrected chi connectivity index (χ0v) is 18.5. The number of ether oxygens (including phenoxy) is 1. The van der Waals surface area contributed by atoms with E-state index in [1.54, 1.807) is 36.4 Å². The van der Waals surface area contributed by atoms with Crippen molar-refractivity contribution in [2.75, 3.05) is 25.0 Å². The van der Waals surface area contributed by atoms with Gasteiger partial charge in [0, 0.05) is 23.2 Å². The van der Waals surface area contributed by atoms with Gasteiger partial charge in [-0.05, 0) is 55.7 Å². The molecule has 1 fully saturated rings. The Balaban J connectivity index is 1.51. The number of benzene rings is 2. The van der Waals surface area contributed by atoms with Gasteiger partial charge in [0.2, 0.25) is 10.0 Å². The first-order valence-corrected chi connectivity index (χ1v) is 11.4. The summed E-state index contributed by atoms with van der Waals surface area (Å²) < 4.78 is 33.3. The molecule has 0 aliphatic carbocycles. The van der Waals surface area contributed by atoms with E-state index in [0.29, 0.717) is 18.7 Å². The van der Waals surface area contributed by atoms with Crippen molar-refractivity contribution in [2.24, 2.45) is 5.92 Å². The fourth-order valence-electron chi connectivity index (χ4n) is 3.11. The number of hydrogen-bond acceptors (Lipinski definition) is 4. The normalized spacial score (nSPS) is 17.3. The summed E-state index contributed by atoms with van der Waals surface area (Å²) >= 11 is 3.33. The van der Waals surface area contributed by atoms with E-state index in [4.69, 9.17) is 4.74 Å². The predicted molar refractivity (Wildman–Crippen MR) is 116 cm³/mol. The molecule has 1 aliphatic heterocycles. The zero-order valence-electron chi connectivity index (χ0n) is 16.1. The molecule has 2 aromatic rings. The Morgan fingerprint density at radius 2 is 1.86 bits per heavy atom. The molecule has 1 atom stereocenters. The van der Waals surface area contributed by atoms with Crippen LogP contribution < -0.4 is 5.32 Å². The van der Waals surface area contributed by atoms with Crippen LogP contribution in [0.3, 0.4) is 0 Å². The summed E-state index contributed by atoms with van der Waals surface area (Å²) in [5, 5.41) is 2.65. The molecule has 2 aromatic carbocycles. The molecule has 0 bridgehead atoms. The second-order valence-electron chi connectivity index (χ2n) is 7.02. The van der Waals surface area contributed by atoms with Crippen LogP contribution in [-0.4, -0.2) is 38.5 Å². The van der Waals surface area contributed by atoms with Crippen molar-refractivity contribution in [1.82, 2.24) is 4.31 Å². The highest BCUT2D eigenvalue weighted by atomic mass is 79.9. The van der Waals surface area contributed by atoms with Crippen molar-refractivity contribution < 1.29 is 17.9 Å². The molecule has 8 heteroatoms. The molecule has 0 radical (unpaired) electrons. The van der Waals surface area contributed by atoms with E-state index in [-0.39, 0.29) is 24.0 Å². The molecule has 1 amide bonds. The number of nitrogens with zero attached hydrogens (tertiary/aromatic N) is 1. The number of nitrogens with one attached hydrogen (secondary N) is 1. The van der Waals surface area contributed by atoms with Crippen molar-refractivity contribution in [3.05, 3.63) is 70.7 Å². The monoisotopic (exact) mass is 478 g/mol. The minimum atomic E-state index is -3.56. The SMILES string of the molecule is C=C1CN(S(=O)(=O)c2ccc(C)cc2)C[C@H]1CCOC(=O)Nc1ccc(Br)cc1. The Hall–Kier alpha value is -2.16. The lowest BCUT2D eigenvalue weighted by atomic mass is 10.0. The summed E-state index contributed by atoms with van der Waals surface area (Å²) in [4.78, 5) is 12.2. The number of sulfonamides is 1. The van der Waals surface area contributed by atoms with Crippen LogP contribution in [0.2, 0.25) is 0 Å². The lowest BCUT2D eigenvalue weighted by Gasteiger charge is -2.16. The van der Waals surface area contributed by atoms with Gasteiger partial charge in [-0.3, -0.25) is 5.32 Å². The number of anilines is 1. The smallest absolute Gasteiger partial charge is 0.411 e. The summed E-state index contributed by atoms with van der Waals surface area (Å²) in [6.07, 6.45) is -0.0213. The van der Waals surface area contributed by atoms with Crippen molar-refractivity contribution in [3.8, 4) is 0 Å². The van der Waals surface area contributed by atoms with Crippen LogP contribution in [0.25, 0.3) is 0 Å². The van der Waals surface area contributed by atoms with E-state index in [9.17, 15) is 13.2 Å². The molecule has 29 heavy (non-hydrogen) atoms. The second kappa shape index (κ2) is 9.11. The Bertz CT molecular complexity index is 988. The van der Waals surface area contributed by atoms with Crippen molar-refractivity contribution >= 4 is 37.7 Å². The number of rotatable bonds is 6. The maximum Gasteiger partial charge on any atom is 0.411 e. The highest BCUT2D eigenvalue weighted by Crippen LogP contribution is 2.29. The van der Waals surface area contributed by atoms with Crippen LogP contribution in [0.5, 0.6) is 0 Å². The fraction of sp³-hybridized carbons (Fsp3) is 0.286. The fourth-order valence-corrected chi connectivity index (χ4v) is 4.87. The molecule has 6 nitrogen and oxygen atoms in total. The average molecular weight is 479 g/mol. The number of hydrogen-bond donors (Lipinski definition) is 1. The van der Waals surface area contributed by atoms with E-state index in [1.807, 2.05) is 19.1 Å². The van der Waals surface area contributed by atoms with Gasteiger partial charge in [0.1, 0.15) is 0 Å². The second-order valence-corrected chi connectivity index (χ2v) is 9.88. The molecule has 1 N–H and O–H groups in total. The molecule has 0 aromatic heterocycles. The lowest BCUT2D eigenvalue weighted by Crippen LogP contribution is -2.29. The number of carbonyl (C=O) groups excluding carboxylic acids is 1. The van der Waals surface area contributed by atoms with Gasteiger partial charge < -0.3 is 4.74 Å². The maximum absolute atomic E-state index is 12.8. The number of halogens is 1. The van der Waals surface area contributed by atoms with Gasteiger partial charge in [-0.25, -0.2) is 13.2 Å². The molecule has 154 valence electrons. The van der Waals surface area contributed by atoms with Crippen molar-refractivity contribution in [2.45, 2.75) is 18.2 Å². The summed E-state index contributed by atoms with van der Waals surface area (Å²) in [6, 6.07) is 14.0. The van der Waals surface area contributed by atoms with Gasteiger partial charge >= 0.3 is 6.09 Å². The van der Waals surface area contributed by atoms with Gasteiger partial charge in [-0.2, -0.15) is 4.31 Å². The van der Waals surface area contributed by atoms with Crippen LogP contribution in [0.4, 0.5) is 10.5 Å². The maximum atomic E-state index is 12.8. The molecule has 1 aliphatic rings. The van der Waals surface area contributed by atoms with Gasteiger partial charge in [0.25, 0.3) is 0 Å². The third kappa shape index (κ3) is 5.46. The lowest BCUT2D eigenvalue weighted by molar-refractivity contribution is 0.155. The van der Waals surface area contributed by atoms with E-state index >= 15 is 0 Å². The quantitative estimate of drug-likeness (QED) is 0.616. The van der Waals surface area contributed by atoms with Gasteiger partial charge in [0.05, 0.1) is 11.5 Å². The summed E-state index contributed by atoms with van der Waals surface area (Å²) in [5.74, 6) is -0.0456. The first-order valence-electron chi connectivity index (χ1n) is 9.19. The van der Waals surface area contributed by atoms with Gasteiger partial charge in [0.15, 0.2) is 0 Å². The van der Waals surface area contributed by atoms with E-state index < -0.39 is 16.1 Å². The minimum absolute atomic E-state index is 0.0456. The van der Waals surface area contributed by atoms with Crippen LogP contribution >= 0.6 is 15.9 Å². The number of aryl methyl sites for hydroxylation is 1. The van der Waals surface area contributed by atoms with E-state index in [1.165, 1.54) is 4.31 Å². The molecule has 1 heterocycles. The Labute approximate surface area is 179 Å². The number of carbonyl (C=O) groups is 1. The summed E-state index contributed by atoms with van der Waals surface area (Å²) in [6.45, 7) is 6.74. The predicted octanol–water partition coefficient (Wildman–Crippen LogP) is 4.57. The van der Waals surface area contributed by atoms with E-state index in [0.717, 1.165) is 15.6 Å². The Morgan fingerprint density at radius 3 is 2.52 bits per heavy atom. The van der Waals surface area contributed by atoms with Crippen LogP contribution in [0.15, 0.2) is 70.1 Å². The molecule has 0 saturated carbocycles. The number of amides is 1. The first kappa shape index (κ1) is 21.5. The molecule has 1 saturated heterocycles. The zero-order chi connectivity index (χ0) is 21.0. The van der Waals surface area contributed by atoms with Crippen LogP contribution in [0, 0.1) is 12.8 Å². The minimum Gasteiger partial charge on any atom is -0.449 e. The largest absolute Gasteiger partial charge is 0.449 e. The van der Waals surface area contributed by atoms with Crippen LogP contribution in [-0.2, 0) is 14.8 Å². The topological polar surface area (TPSA) is 75.7 Å². The summed E-state index contributed by atoms with van der Waals surface area (Å²) in [5.41, 5.74) is 2.47. The Morgan fingerprint density at radius 1 is 1.21 bits per heavy atom. The third-order valence-electron chi connectivity index (χ3n) is 4.83. The third-order valence-corrected chi connectivity index (χ3v) is 7.18. The molecular formula is C21H23BrN2O4S. The molecule has 3 rings (SSSR count). The van der Waals surface area contributed by atoms with Gasteiger partial charge in [-0.1, -0.05) is 45.8 Å². The highest BCUT2D eigenvalue weighted by Gasteiger charge is 2.34.